The van der Waals surface area contributed by atoms with Gasteiger partial charge >= 0.3 is 0 Å². The first-order valence-electron chi connectivity index (χ1n) is 3.21. The number of carbonyl (C=O) groups excluding carboxylic acids is 1. The van der Waals surface area contributed by atoms with E-state index in [9.17, 15) is 4.79 Å². The molecule has 1 aromatic rings. The van der Waals surface area contributed by atoms with Crippen LogP contribution in [-0.2, 0) is 0 Å². The second-order valence-corrected chi connectivity index (χ2v) is 3.15. The molecule has 0 bridgehead atoms. The van der Waals surface area contributed by atoms with Crippen LogP contribution in [0.5, 0.6) is 5.75 Å². The third-order valence-electron chi connectivity index (χ3n) is 1.42. The summed E-state index contributed by atoms with van der Waals surface area (Å²) in [6.07, 6.45) is 0. The van der Waals surface area contributed by atoms with Crippen LogP contribution in [0.25, 0.3) is 0 Å². The molecular weight excluding hydrogens is 199 g/mol. The molecule has 0 atom stereocenters. The number of phenolic OH excluding ortho intramolecular Hbond substituents is 1. The highest BCUT2D eigenvalue weighted by Crippen LogP contribution is 2.29. The lowest BCUT2D eigenvalue weighted by molar-refractivity contribution is 0.101. The standard InChI is InChI=1S/C8H6Cl2O2/c1-4(11)5-2-8(12)7(10)3-6(5)9/h2-3,12H,1H3. The van der Waals surface area contributed by atoms with E-state index in [0.717, 1.165) is 0 Å². The van der Waals surface area contributed by atoms with Crippen LogP contribution in [0.3, 0.4) is 0 Å². The quantitative estimate of drug-likeness (QED) is 0.715. The summed E-state index contributed by atoms with van der Waals surface area (Å²) in [5, 5.41) is 9.53. The van der Waals surface area contributed by atoms with Gasteiger partial charge in [-0.1, -0.05) is 23.2 Å². The molecule has 12 heavy (non-hydrogen) atoms. The molecule has 0 heterocycles. The molecule has 0 saturated carbocycles. The molecule has 0 saturated heterocycles. The van der Waals surface area contributed by atoms with Crippen LogP contribution in [0.1, 0.15) is 17.3 Å². The fourth-order valence-electron chi connectivity index (χ4n) is 0.807. The average molecular weight is 205 g/mol. The smallest absolute Gasteiger partial charge is 0.161 e. The number of rotatable bonds is 1. The maximum atomic E-state index is 10.9. The predicted molar refractivity (Wildman–Crippen MR) is 48.1 cm³/mol. The Morgan fingerprint density at radius 1 is 1.33 bits per heavy atom. The number of Topliss-reactive ketones (excluding diaryl/α,β-unsaturated/α-hetero) is 1. The second-order valence-electron chi connectivity index (χ2n) is 2.34. The van der Waals surface area contributed by atoms with Crippen LogP contribution < -0.4 is 0 Å². The molecular formula is C8H6Cl2O2. The zero-order valence-corrected chi connectivity index (χ0v) is 7.78. The molecule has 0 unspecified atom stereocenters. The largest absolute Gasteiger partial charge is 0.506 e. The number of aromatic hydroxyl groups is 1. The van der Waals surface area contributed by atoms with Crippen molar-refractivity contribution >= 4 is 29.0 Å². The Bertz CT molecular complexity index is 334. The summed E-state index contributed by atoms with van der Waals surface area (Å²) in [6.45, 7) is 1.37. The second kappa shape index (κ2) is 3.33. The normalized spacial score (nSPS) is 9.92. The predicted octanol–water partition coefficient (Wildman–Crippen LogP) is 2.90. The number of hydrogen-bond acceptors (Lipinski definition) is 2. The fraction of sp³-hybridized carbons (Fsp3) is 0.125. The van der Waals surface area contributed by atoms with Gasteiger partial charge in [0, 0.05) is 5.56 Å². The van der Waals surface area contributed by atoms with Crippen molar-refractivity contribution < 1.29 is 9.90 Å². The number of hydrogen-bond donors (Lipinski definition) is 1. The van der Waals surface area contributed by atoms with E-state index < -0.39 is 0 Å². The molecule has 0 fully saturated rings. The van der Waals surface area contributed by atoms with Crippen molar-refractivity contribution in [2.75, 3.05) is 0 Å². The minimum atomic E-state index is -0.202. The van der Waals surface area contributed by atoms with Crippen LogP contribution in [0.2, 0.25) is 10.0 Å². The van der Waals surface area contributed by atoms with Gasteiger partial charge in [-0.2, -0.15) is 0 Å². The maximum Gasteiger partial charge on any atom is 0.161 e. The topological polar surface area (TPSA) is 37.3 Å². The first-order chi connectivity index (χ1) is 5.52. The summed E-state index contributed by atoms with van der Waals surface area (Å²) in [5.74, 6) is -0.335. The van der Waals surface area contributed by atoms with Crippen molar-refractivity contribution in [3.8, 4) is 5.75 Å². The highest BCUT2D eigenvalue weighted by molar-refractivity contribution is 6.37. The van der Waals surface area contributed by atoms with Gasteiger partial charge in [0.25, 0.3) is 0 Å². The number of phenols is 1. The summed E-state index contributed by atoms with van der Waals surface area (Å²) in [5.41, 5.74) is 0.276. The summed E-state index contributed by atoms with van der Waals surface area (Å²) >= 11 is 11.2. The zero-order valence-electron chi connectivity index (χ0n) is 6.27. The molecule has 0 amide bonds. The van der Waals surface area contributed by atoms with Crippen molar-refractivity contribution in [1.82, 2.24) is 0 Å². The summed E-state index contributed by atoms with van der Waals surface area (Å²) in [7, 11) is 0. The van der Waals surface area contributed by atoms with Crippen LogP contribution in [0.15, 0.2) is 12.1 Å². The number of carbonyl (C=O) groups is 1. The molecule has 4 heteroatoms. The van der Waals surface area contributed by atoms with E-state index in [1.54, 1.807) is 0 Å². The van der Waals surface area contributed by atoms with Crippen molar-refractivity contribution in [1.29, 1.82) is 0 Å². The molecule has 64 valence electrons. The van der Waals surface area contributed by atoms with Crippen molar-refractivity contribution in [3.63, 3.8) is 0 Å². The SMILES string of the molecule is CC(=O)c1cc(O)c(Cl)cc1Cl. The van der Waals surface area contributed by atoms with E-state index >= 15 is 0 Å². The highest BCUT2D eigenvalue weighted by Gasteiger charge is 2.09. The van der Waals surface area contributed by atoms with Crippen LogP contribution >= 0.6 is 23.2 Å². The van der Waals surface area contributed by atoms with Gasteiger partial charge in [-0.15, -0.1) is 0 Å². The zero-order chi connectivity index (χ0) is 9.30. The van der Waals surface area contributed by atoms with E-state index in [-0.39, 0.29) is 27.1 Å². The number of ketones is 1. The molecule has 0 aliphatic rings. The first kappa shape index (κ1) is 9.36. The van der Waals surface area contributed by atoms with Crippen LogP contribution in [-0.4, -0.2) is 10.9 Å². The van der Waals surface area contributed by atoms with E-state index in [1.807, 2.05) is 0 Å². The van der Waals surface area contributed by atoms with Gasteiger partial charge in [0.1, 0.15) is 5.75 Å². The number of benzene rings is 1. The maximum absolute atomic E-state index is 10.9. The lowest BCUT2D eigenvalue weighted by atomic mass is 10.1. The Hall–Kier alpha value is -0.730. The van der Waals surface area contributed by atoms with Gasteiger partial charge in [0.2, 0.25) is 0 Å². The lowest BCUT2D eigenvalue weighted by Crippen LogP contribution is -1.92. The Balaban J connectivity index is 3.33. The lowest BCUT2D eigenvalue weighted by Gasteiger charge is -2.01. The minimum Gasteiger partial charge on any atom is -0.506 e. The van der Waals surface area contributed by atoms with Gasteiger partial charge in [-0.25, -0.2) is 0 Å². The Kier molecular flexibility index (Phi) is 2.60. The monoisotopic (exact) mass is 204 g/mol. The van der Waals surface area contributed by atoms with Gasteiger partial charge < -0.3 is 5.11 Å². The highest BCUT2D eigenvalue weighted by atomic mass is 35.5. The van der Waals surface area contributed by atoms with E-state index in [1.165, 1.54) is 19.1 Å². The first-order valence-corrected chi connectivity index (χ1v) is 3.97. The summed E-state index contributed by atoms with van der Waals surface area (Å²) in [6, 6.07) is 2.60. The molecule has 1 N–H and O–H groups in total. The van der Waals surface area contributed by atoms with E-state index in [2.05, 4.69) is 0 Å². The average Bonchev–Trinajstić information content (AvgIpc) is 1.96. The van der Waals surface area contributed by atoms with Crippen molar-refractivity contribution in [2.45, 2.75) is 6.92 Å². The van der Waals surface area contributed by atoms with Crippen LogP contribution in [0.4, 0.5) is 0 Å². The third kappa shape index (κ3) is 1.71. The van der Waals surface area contributed by atoms with Gasteiger partial charge in [0.05, 0.1) is 10.0 Å². The molecule has 1 rings (SSSR count). The van der Waals surface area contributed by atoms with Crippen molar-refractivity contribution in [3.05, 3.63) is 27.7 Å². The molecule has 0 aromatic heterocycles. The molecule has 0 spiro atoms. The molecule has 1 aromatic carbocycles. The third-order valence-corrected chi connectivity index (χ3v) is 2.03. The van der Waals surface area contributed by atoms with E-state index in [4.69, 9.17) is 28.3 Å². The summed E-state index contributed by atoms with van der Waals surface area (Å²) < 4.78 is 0. The van der Waals surface area contributed by atoms with Gasteiger partial charge in [-0.3, -0.25) is 4.79 Å². The Morgan fingerprint density at radius 2 is 1.92 bits per heavy atom. The van der Waals surface area contributed by atoms with E-state index in [0.29, 0.717) is 0 Å². The Labute approximate surface area is 79.7 Å². The number of halogens is 2. The molecule has 0 aliphatic heterocycles. The minimum absolute atomic E-state index is 0.133. The van der Waals surface area contributed by atoms with Gasteiger partial charge in [-0.05, 0) is 19.1 Å². The summed E-state index contributed by atoms with van der Waals surface area (Å²) in [4.78, 5) is 10.9. The Morgan fingerprint density at radius 3 is 2.42 bits per heavy atom. The fourth-order valence-corrected chi connectivity index (χ4v) is 1.32. The molecule has 2 nitrogen and oxygen atoms in total. The van der Waals surface area contributed by atoms with Gasteiger partial charge in [0.15, 0.2) is 5.78 Å². The van der Waals surface area contributed by atoms with Crippen molar-refractivity contribution in [2.24, 2.45) is 0 Å². The molecule has 0 radical (unpaired) electrons. The molecule has 0 aliphatic carbocycles. The van der Waals surface area contributed by atoms with Crippen LogP contribution in [0, 0.1) is 0 Å².